The first-order valence-electron chi connectivity index (χ1n) is 1.63. The van der Waals surface area contributed by atoms with Gasteiger partial charge in [-0.25, -0.2) is 0 Å². The molecular weight excluding hydrogens is 84.0 g/mol. The van der Waals surface area contributed by atoms with Crippen molar-refractivity contribution in [2.45, 2.75) is 6.42 Å². The molecule has 0 amide bonds. The molecule has 0 atom stereocenters. The van der Waals surface area contributed by atoms with Crippen molar-refractivity contribution in [2.24, 2.45) is 0 Å². The third kappa shape index (κ3) is 3.43. The van der Waals surface area contributed by atoms with Gasteiger partial charge in [0.25, 0.3) is 0 Å². The van der Waals surface area contributed by atoms with Crippen LogP contribution in [-0.4, -0.2) is 18.0 Å². The van der Waals surface area contributed by atoms with Crippen molar-refractivity contribution in [3.63, 3.8) is 0 Å². The molecule has 1 N–H and O–H groups in total. The van der Waals surface area contributed by atoms with Crippen LogP contribution in [0, 0.1) is 0 Å². The van der Waals surface area contributed by atoms with Crippen LogP contribution in [-0.2, 0) is 4.58 Å². The molecule has 0 spiro atoms. The molecule has 0 heterocycles. The van der Waals surface area contributed by atoms with Crippen molar-refractivity contribution in [2.75, 3.05) is 6.61 Å². The third-order valence-corrected chi connectivity index (χ3v) is 0.315. The highest BCUT2D eigenvalue weighted by Gasteiger charge is 1.77. The van der Waals surface area contributed by atoms with Gasteiger partial charge >= 0.3 is 6.29 Å². The minimum absolute atomic E-state index is 0.0256. The van der Waals surface area contributed by atoms with Crippen LogP contribution in [0.4, 0.5) is 0 Å². The maximum Gasteiger partial charge on any atom is 0.320 e. The summed E-state index contributed by atoms with van der Waals surface area (Å²) in [6.45, 7) is -0.0256. The second-order valence-corrected chi connectivity index (χ2v) is 0.775. The van der Waals surface area contributed by atoms with E-state index in [9.17, 15) is 0 Å². The zero-order valence-electron chi connectivity index (χ0n) is 3.26. The van der Waals surface area contributed by atoms with Gasteiger partial charge in [-0.1, -0.05) is 0 Å². The largest absolute Gasteiger partial charge is 0.463 e. The van der Waals surface area contributed by atoms with Gasteiger partial charge in [-0.05, 0) is 0 Å². The van der Waals surface area contributed by atoms with Gasteiger partial charge in [-0.15, -0.1) is 0 Å². The van der Waals surface area contributed by atoms with Gasteiger partial charge in [0.2, 0.25) is 0 Å². The van der Waals surface area contributed by atoms with Crippen molar-refractivity contribution in [3.05, 3.63) is 0 Å². The van der Waals surface area contributed by atoms with Crippen LogP contribution in [0.1, 0.15) is 6.42 Å². The molecule has 3 nitrogen and oxygen atoms in total. The van der Waals surface area contributed by atoms with Gasteiger partial charge in [0.15, 0.2) is 0 Å². The first kappa shape index (κ1) is 5.43. The van der Waals surface area contributed by atoms with E-state index in [1.807, 2.05) is 0 Å². The average Bonchev–Trinajstić information content (AvgIpc) is 1.61. The lowest BCUT2D eigenvalue weighted by Gasteiger charge is -1.70. The summed E-state index contributed by atoms with van der Waals surface area (Å²) in [5, 5.41) is 17.0. The van der Waals surface area contributed by atoms with Gasteiger partial charge in [0.05, 0.1) is 13.0 Å². The van der Waals surface area contributed by atoms with Gasteiger partial charge in [-0.3, -0.25) is 0 Å². The first-order chi connectivity index (χ1) is 2.91. The van der Waals surface area contributed by atoms with Crippen LogP contribution < -0.4 is 5.26 Å². The van der Waals surface area contributed by atoms with E-state index in [0.29, 0.717) is 6.42 Å². The summed E-state index contributed by atoms with van der Waals surface area (Å²) < 4.78 is 3.25. The second-order valence-electron chi connectivity index (χ2n) is 0.775. The number of aliphatic hydroxyl groups is 1. The lowest BCUT2D eigenvalue weighted by molar-refractivity contribution is -1.04. The fourth-order valence-corrected chi connectivity index (χ4v) is 0.101. The number of hydrogen-bond acceptors (Lipinski definition) is 2. The van der Waals surface area contributed by atoms with Gasteiger partial charge in [-0.2, -0.15) is 4.58 Å². The summed E-state index contributed by atoms with van der Waals surface area (Å²) in [5.41, 5.74) is 0. The van der Waals surface area contributed by atoms with Crippen LogP contribution in [0.3, 0.4) is 0 Å². The summed E-state index contributed by atoms with van der Waals surface area (Å²) in [5.74, 6) is 0. The third-order valence-electron chi connectivity index (χ3n) is 0.315. The molecule has 0 aliphatic heterocycles. The Kier molecular flexibility index (Phi) is 4.01. The zero-order chi connectivity index (χ0) is 4.83. The molecule has 0 aliphatic carbocycles. The minimum Gasteiger partial charge on any atom is -0.463 e. The van der Waals surface area contributed by atoms with Crippen molar-refractivity contribution < 1.29 is 14.9 Å². The Labute approximate surface area is 35.5 Å². The summed E-state index contributed by atoms with van der Waals surface area (Å²) in [6.07, 6.45) is 1.31. The molecule has 6 heavy (non-hydrogen) atoms. The highest BCUT2D eigenvalue weighted by molar-refractivity contribution is 5.49. The van der Waals surface area contributed by atoms with E-state index in [4.69, 9.17) is 10.4 Å². The molecule has 0 fully saturated rings. The molecule has 0 aromatic carbocycles. The molecule has 0 aliphatic rings. The molecule has 36 valence electrons. The Hall–Kier alpha value is -0.570. The SMILES string of the molecule is [O-][O+]=CCCO. The van der Waals surface area contributed by atoms with Crippen molar-refractivity contribution in [1.29, 1.82) is 0 Å². The van der Waals surface area contributed by atoms with E-state index < -0.39 is 0 Å². The van der Waals surface area contributed by atoms with E-state index in [1.54, 1.807) is 0 Å². The molecule has 0 aromatic heterocycles. The Morgan fingerprint density at radius 1 is 1.83 bits per heavy atom. The molecule has 3 heteroatoms. The summed E-state index contributed by atoms with van der Waals surface area (Å²) >= 11 is 0. The average molecular weight is 90.1 g/mol. The second kappa shape index (κ2) is 4.43. The molecule has 0 rings (SSSR count). The number of aliphatic hydroxyl groups excluding tert-OH is 1. The Morgan fingerprint density at radius 3 is 2.67 bits per heavy atom. The van der Waals surface area contributed by atoms with Crippen LogP contribution in [0.5, 0.6) is 0 Å². The first-order valence-corrected chi connectivity index (χ1v) is 1.63. The molecule has 0 saturated carbocycles. The van der Waals surface area contributed by atoms with E-state index in [0.717, 1.165) is 6.29 Å². The van der Waals surface area contributed by atoms with Crippen LogP contribution >= 0.6 is 0 Å². The van der Waals surface area contributed by atoms with Gasteiger partial charge in [0.1, 0.15) is 0 Å². The van der Waals surface area contributed by atoms with E-state index in [2.05, 4.69) is 4.58 Å². The van der Waals surface area contributed by atoms with Crippen LogP contribution in [0.25, 0.3) is 0 Å². The maximum absolute atomic E-state index is 9.02. The quantitative estimate of drug-likeness (QED) is 0.192. The maximum atomic E-state index is 9.02. The van der Waals surface area contributed by atoms with Crippen LogP contribution in [0.2, 0.25) is 0 Å². The molecular formula is C3H6O3. The smallest absolute Gasteiger partial charge is 0.320 e. The van der Waals surface area contributed by atoms with Gasteiger partial charge < -0.3 is 10.4 Å². The topological polar surface area (TPSA) is 54.6 Å². The highest BCUT2D eigenvalue weighted by atomic mass is 17.1. The molecule has 0 aromatic rings. The number of aldehydes is 1. The monoisotopic (exact) mass is 90.0 g/mol. The normalized spacial score (nSPS) is 10.2. The lowest BCUT2D eigenvalue weighted by Crippen LogP contribution is -1.97. The van der Waals surface area contributed by atoms with Crippen LogP contribution in [0.15, 0.2) is 0 Å². The summed E-state index contributed by atoms with van der Waals surface area (Å²) in [7, 11) is 0. The summed E-state index contributed by atoms with van der Waals surface area (Å²) in [6, 6.07) is 0. The highest BCUT2D eigenvalue weighted by Crippen LogP contribution is 1.60. The summed E-state index contributed by atoms with van der Waals surface area (Å²) in [4.78, 5) is 0. The van der Waals surface area contributed by atoms with E-state index >= 15 is 0 Å². The van der Waals surface area contributed by atoms with Crippen molar-refractivity contribution in [1.82, 2.24) is 0 Å². The molecule has 0 unspecified atom stereocenters. The Balaban J connectivity index is 2.66. The van der Waals surface area contributed by atoms with Gasteiger partial charge in [0, 0.05) is 0 Å². The Bertz CT molecular complexity index is 41.3. The Morgan fingerprint density at radius 2 is 2.50 bits per heavy atom. The fourth-order valence-electron chi connectivity index (χ4n) is 0.101. The predicted molar refractivity (Wildman–Crippen MR) is 17.8 cm³/mol. The van der Waals surface area contributed by atoms with Crippen molar-refractivity contribution in [3.8, 4) is 0 Å². The molecule has 0 radical (unpaired) electrons. The number of carbonyl (C=O) groups excluding carboxylic acids is 1. The fraction of sp³-hybridized carbons (Fsp3) is 0.667. The molecule has 0 bridgehead atoms. The zero-order valence-corrected chi connectivity index (χ0v) is 3.26. The standard InChI is InChI=1S/C3H6O3/c4-2-1-3-6-5/h3-4H,1-2H2. The van der Waals surface area contributed by atoms with Crippen molar-refractivity contribution >= 4 is 6.29 Å². The predicted octanol–water partition coefficient (Wildman–Crippen LogP) is -1.62. The lowest BCUT2D eigenvalue weighted by atomic mass is 10.5. The number of rotatable bonds is 2. The minimum atomic E-state index is -0.0256. The van der Waals surface area contributed by atoms with E-state index in [1.165, 1.54) is 0 Å². The van der Waals surface area contributed by atoms with E-state index in [-0.39, 0.29) is 6.61 Å². The molecule has 0 saturated heterocycles. The number of hydrogen-bond donors (Lipinski definition) is 1.